The van der Waals surface area contributed by atoms with Crippen molar-refractivity contribution in [2.24, 2.45) is 5.73 Å². The fraction of sp³-hybridized carbons (Fsp3) is 0.500. The van der Waals surface area contributed by atoms with E-state index in [-0.39, 0.29) is 43.1 Å². The number of nitrogens with one attached hydrogen (secondary N) is 1. The van der Waals surface area contributed by atoms with Gasteiger partial charge >= 0.3 is 13.1 Å². The summed E-state index contributed by atoms with van der Waals surface area (Å²) in [6.45, 7) is 3.43. The van der Waals surface area contributed by atoms with Crippen molar-refractivity contribution in [2.75, 3.05) is 13.1 Å². The lowest BCUT2D eigenvalue weighted by molar-refractivity contribution is -0.143. The first-order valence-corrected chi connectivity index (χ1v) is 9.46. The highest BCUT2D eigenvalue weighted by molar-refractivity contribution is 6.41. The van der Waals surface area contributed by atoms with Crippen molar-refractivity contribution in [3.05, 3.63) is 23.3 Å². The third-order valence-electron chi connectivity index (χ3n) is 4.71. The van der Waals surface area contributed by atoms with Crippen LogP contribution in [0, 0.1) is 0 Å². The summed E-state index contributed by atoms with van der Waals surface area (Å²) in [5, 5.41) is 40.1. The number of nitrogens with zero attached hydrogens (tertiary/aromatic N) is 1. The summed E-state index contributed by atoms with van der Waals surface area (Å²) >= 11 is 0. The molecule has 2 amide bonds. The lowest BCUT2D eigenvalue weighted by Crippen LogP contribution is -2.61. The van der Waals surface area contributed by atoms with Gasteiger partial charge in [-0.25, -0.2) is 4.79 Å². The van der Waals surface area contributed by atoms with E-state index in [0.717, 1.165) is 0 Å². The van der Waals surface area contributed by atoms with Crippen molar-refractivity contribution in [1.82, 2.24) is 10.2 Å². The molecule has 0 aliphatic carbocycles. The maximum absolute atomic E-state index is 12.3. The van der Waals surface area contributed by atoms with E-state index in [1.165, 1.54) is 24.0 Å². The fourth-order valence-corrected chi connectivity index (χ4v) is 2.96. The zero-order chi connectivity index (χ0) is 22.6. The number of amides is 2. The molecule has 2 atom stereocenters. The number of hydrogen-bond donors (Lipinski definition) is 6. The number of carbonyl (C=O) groups is 3. The molecule has 30 heavy (non-hydrogen) atoms. The van der Waals surface area contributed by atoms with Crippen molar-refractivity contribution >= 4 is 24.9 Å². The Kier molecular flexibility index (Phi) is 7.65. The summed E-state index contributed by atoms with van der Waals surface area (Å²) in [4.78, 5) is 37.0. The van der Waals surface area contributed by atoms with Crippen LogP contribution in [-0.4, -0.2) is 81.3 Å². The van der Waals surface area contributed by atoms with Crippen LogP contribution >= 0.6 is 0 Å². The molecular formula is C18H26BN3O8. The topological polar surface area (TPSA) is 183 Å². The van der Waals surface area contributed by atoms with Crippen LogP contribution < -0.4 is 15.8 Å². The molecule has 0 aromatic heterocycles. The summed E-state index contributed by atoms with van der Waals surface area (Å²) in [5.41, 5.74) is 5.28. The molecule has 1 aromatic rings. The Hall–Kier alpha value is -2.83. The molecule has 0 radical (unpaired) electrons. The van der Waals surface area contributed by atoms with Crippen molar-refractivity contribution < 1.29 is 39.4 Å². The molecule has 7 N–H and O–H groups in total. The quantitative estimate of drug-likeness (QED) is 0.259. The summed E-state index contributed by atoms with van der Waals surface area (Å²) in [5.74, 6) is -2.71. The maximum Gasteiger partial charge on any atom is 0.451 e. The van der Waals surface area contributed by atoms with Crippen LogP contribution in [0.15, 0.2) is 12.1 Å². The first-order chi connectivity index (χ1) is 14.0. The number of benzene rings is 1. The zero-order valence-electron chi connectivity index (χ0n) is 16.7. The van der Waals surface area contributed by atoms with Gasteiger partial charge in [0.25, 0.3) is 0 Å². The number of aromatic hydroxyl groups is 1. The van der Waals surface area contributed by atoms with Crippen molar-refractivity contribution in [2.45, 2.75) is 44.8 Å². The lowest BCUT2D eigenvalue weighted by Gasteiger charge is -2.40. The van der Waals surface area contributed by atoms with E-state index in [1.807, 2.05) is 0 Å². The van der Waals surface area contributed by atoms with Gasteiger partial charge < -0.3 is 40.9 Å². The second-order valence-corrected chi connectivity index (χ2v) is 7.27. The summed E-state index contributed by atoms with van der Waals surface area (Å²) in [6.07, 6.45) is -0.474. The Morgan fingerprint density at radius 3 is 2.47 bits per heavy atom. The first-order valence-electron chi connectivity index (χ1n) is 9.46. The Morgan fingerprint density at radius 1 is 1.30 bits per heavy atom. The number of carboxylic acids is 1. The molecule has 1 fully saturated rings. The second-order valence-electron chi connectivity index (χ2n) is 7.27. The molecule has 1 heterocycles. The van der Waals surface area contributed by atoms with Gasteiger partial charge in [-0.1, -0.05) is 6.07 Å². The predicted molar refractivity (Wildman–Crippen MR) is 106 cm³/mol. The summed E-state index contributed by atoms with van der Waals surface area (Å²) in [6, 6.07) is 1.34. The highest BCUT2D eigenvalue weighted by atomic mass is 16.5. The molecule has 11 nitrogen and oxygen atoms in total. The summed E-state index contributed by atoms with van der Waals surface area (Å²) in [7, 11) is -1.58. The second kappa shape index (κ2) is 9.78. The van der Waals surface area contributed by atoms with Gasteiger partial charge in [0, 0.05) is 0 Å². The van der Waals surface area contributed by atoms with Gasteiger partial charge in [-0.05, 0) is 38.2 Å². The number of carboxylic acid groups (broad SMARTS) is 1. The van der Waals surface area contributed by atoms with Gasteiger partial charge in [-0.15, -0.1) is 0 Å². The van der Waals surface area contributed by atoms with Gasteiger partial charge in [0.15, 0.2) is 0 Å². The minimum Gasteiger partial charge on any atom is -0.507 e. The van der Waals surface area contributed by atoms with Gasteiger partial charge in [-0.3, -0.25) is 9.59 Å². The Balaban J connectivity index is 2.00. The SMILES string of the molecule is C[C@H](N)C(=O)N[C@H](C)C(=O)N1CC(Oc2ccc(CCB(O)O)c(O)c2C(=O)O)C1. The number of hydrogen-bond acceptors (Lipinski definition) is 8. The third kappa shape index (κ3) is 5.62. The van der Waals surface area contributed by atoms with Crippen LogP contribution in [0.5, 0.6) is 11.5 Å². The number of carbonyl (C=O) groups excluding carboxylic acids is 2. The summed E-state index contributed by atoms with van der Waals surface area (Å²) < 4.78 is 5.64. The van der Waals surface area contributed by atoms with Crippen LogP contribution in [0.4, 0.5) is 0 Å². The van der Waals surface area contributed by atoms with E-state index in [0.29, 0.717) is 0 Å². The van der Waals surface area contributed by atoms with Gasteiger partial charge in [0.1, 0.15) is 29.2 Å². The average molecular weight is 423 g/mol. The number of rotatable bonds is 9. The Bertz CT molecular complexity index is 811. The zero-order valence-corrected chi connectivity index (χ0v) is 16.7. The van der Waals surface area contributed by atoms with Crippen LogP contribution in [0.1, 0.15) is 29.8 Å². The van der Waals surface area contributed by atoms with E-state index in [2.05, 4.69) is 5.32 Å². The number of aromatic carboxylic acids is 1. The Morgan fingerprint density at radius 2 is 1.93 bits per heavy atom. The highest BCUT2D eigenvalue weighted by Crippen LogP contribution is 2.34. The molecule has 0 saturated carbocycles. The van der Waals surface area contributed by atoms with Gasteiger partial charge in [0.05, 0.1) is 19.1 Å². The van der Waals surface area contributed by atoms with Crippen LogP contribution in [0.25, 0.3) is 0 Å². The maximum atomic E-state index is 12.3. The number of likely N-dealkylation sites (tertiary alicyclic amines) is 1. The van der Waals surface area contributed by atoms with Crippen molar-refractivity contribution in [3.63, 3.8) is 0 Å². The smallest absolute Gasteiger partial charge is 0.451 e. The minimum absolute atomic E-state index is 0.0521. The van der Waals surface area contributed by atoms with Crippen molar-refractivity contribution in [1.29, 1.82) is 0 Å². The molecule has 0 spiro atoms. The largest absolute Gasteiger partial charge is 0.507 e. The standard InChI is InChI=1S/C18H26BN3O8/c1-9(20)16(24)21-10(2)17(25)22-7-12(8-22)30-13-4-3-11(5-6-19(28)29)15(23)14(13)18(26)27/h3-4,9-10,12,23,28-29H,5-8,20H2,1-2H3,(H,21,24)(H,26,27)/t9-,10+/m0/s1. The van der Waals surface area contributed by atoms with E-state index >= 15 is 0 Å². The highest BCUT2D eigenvalue weighted by Gasteiger charge is 2.36. The van der Waals surface area contributed by atoms with Gasteiger partial charge in [-0.2, -0.15) is 0 Å². The third-order valence-corrected chi connectivity index (χ3v) is 4.71. The average Bonchev–Trinajstić information content (AvgIpc) is 2.62. The molecule has 2 rings (SSSR count). The van der Waals surface area contributed by atoms with Crippen LogP contribution in [0.2, 0.25) is 6.32 Å². The minimum atomic E-state index is -1.58. The molecule has 164 valence electrons. The lowest BCUT2D eigenvalue weighted by atomic mass is 9.82. The van der Waals surface area contributed by atoms with Gasteiger partial charge in [0.2, 0.25) is 11.8 Å². The molecule has 0 unspecified atom stereocenters. The monoisotopic (exact) mass is 423 g/mol. The van der Waals surface area contributed by atoms with Crippen molar-refractivity contribution in [3.8, 4) is 11.5 Å². The molecule has 1 aromatic carbocycles. The van der Waals surface area contributed by atoms with Crippen LogP contribution in [-0.2, 0) is 16.0 Å². The first kappa shape index (κ1) is 23.5. The predicted octanol–water partition coefficient (Wildman–Crippen LogP) is -1.45. The number of aryl methyl sites for hydroxylation is 1. The molecule has 1 aliphatic heterocycles. The molecule has 1 saturated heterocycles. The Labute approximate surface area is 173 Å². The van der Waals surface area contributed by atoms with E-state index in [1.54, 1.807) is 6.92 Å². The molecule has 1 aliphatic rings. The van der Waals surface area contributed by atoms with E-state index < -0.39 is 48.5 Å². The molecular weight excluding hydrogens is 397 g/mol. The number of nitrogens with two attached hydrogens (primary N) is 1. The number of phenols is 1. The fourth-order valence-electron chi connectivity index (χ4n) is 2.96. The van der Waals surface area contributed by atoms with E-state index in [4.69, 9.17) is 20.5 Å². The van der Waals surface area contributed by atoms with Crippen LogP contribution in [0.3, 0.4) is 0 Å². The molecule has 12 heteroatoms. The van der Waals surface area contributed by atoms with E-state index in [9.17, 15) is 24.6 Å². The number of ether oxygens (including phenoxy) is 1. The molecule has 0 bridgehead atoms. The normalized spacial score (nSPS) is 15.7.